The predicted octanol–water partition coefficient (Wildman–Crippen LogP) is 8.52. The minimum absolute atomic E-state index is 0. The van der Waals surface area contributed by atoms with Gasteiger partial charge in [0.2, 0.25) is 11.8 Å². The molecule has 0 unspecified atom stereocenters. The first-order chi connectivity index (χ1) is 38.8. The minimum Gasteiger partial charge on any atom is -0.744 e. The summed E-state index contributed by atoms with van der Waals surface area (Å²) in [6.45, 7) is 0. The van der Waals surface area contributed by atoms with Crippen molar-refractivity contribution in [2.45, 2.75) is 9.79 Å². The number of hydrogen-bond acceptors (Lipinski definition) is 16. The molecule has 10 aromatic carbocycles. The Kier molecular flexibility index (Phi) is 17.0. The van der Waals surface area contributed by atoms with E-state index in [1.807, 2.05) is 146 Å². The van der Waals surface area contributed by atoms with E-state index < -0.39 is 30.0 Å². The fraction of sp³-hybridized carbons (Fsp3) is 0. The second kappa shape index (κ2) is 24.5. The van der Waals surface area contributed by atoms with Crippen molar-refractivity contribution in [1.82, 2.24) is 19.9 Å². The monoisotopic (exact) mass is 1140 g/mol. The van der Waals surface area contributed by atoms with Gasteiger partial charge in [-0.1, -0.05) is 170 Å². The van der Waals surface area contributed by atoms with Crippen molar-refractivity contribution in [3.63, 3.8) is 0 Å². The SMILES string of the molecule is O=S(=O)([O-])c1cc(Nc2cc(Oc3cccc4ccccc34)nc(Oc3cccc4ccccc34)n2)ccc1C=Cc1ccc(Nc2cc(Oc3cccc4ccccc34)nc(Oc3cccc4ccccc34)n2)cc1S(=O)(=O)[O-].[Na+].[Na+]. The van der Waals surface area contributed by atoms with Crippen LogP contribution in [0.25, 0.3) is 55.2 Å². The smallest absolute Gasteiger partial charge is 0.744 e. The van der Waals surface area contributed by atoms with Gasteiger partial charge in [0.15, 0.2) is 0 Å². The molecule has 392 valence electrons. The molecule has 0 saturated heterocycles. The Balaban J connectivity index is 0.00000376. The summed E-state index contributed by atoms with van der Waals surface area (Å²) in [6.07, 6.45) is 2.45. The summed E-state index contributed by atoms with van der Waals surface area (Å²) in [6, 6.07) is 63.5. The molecule has 82 heavy (non-hydrogen) atoms. The van der Waals surface area contributed by atoms with Crippen molar-refractivity contribution in [2.75, 3.05) is 10.6 Å². The van der Waals surface area contributed by atoms with Gasteiger partial charge in [-0.25, -0.2) is 16.8 Å². The van der Waals surface area contributed by atoms with Crippen LogP contribution in [0.3, 0.4) is 0 Å². The topological polar surface area (TPSA) is 227 Å². The Bertz CT molecular complexity index is 4160. The van der Waals surface area contributed by atoms with Gasteiger partial charge in [0.1, 0.15) is 54.9 Å². The van der Waals surface area contributed by atoms with Crippen LogP contribution in [0.15, 0.2) is 228 Å². The van der Waals surface area contributed by atoms with Gasteiger partial charge in [-0.05, 0) is 81.2 Å². The van der Waals surface area contributed by atoms with Gasteiger partial charge in [0.25, 0.3) is 0 Å². The largest absolute Gasteiger partial charge is 1.00 e. The molecule has 0 saturated carbocycles. The number of nitrogens with one attached hydrogen (secondary N) is 2. The van der Waals surface area contributed by atoms with Gasteiger partial charge in [0.05, 0.1) is 9.79 Å². The number of hydrogen-bond donors (Lipinski definition) is 2. The Morgan fingerprint density at radius 2 is 0.659 bits per heavy atom. The number of fused-ring (bicyclic) bond motifs is 4. The van der Waals surface area contributed by atoms with Gasteiger partial charge >= 0.3 is 71.1 Å². The Labute approximate surface area is 514 Å². The molecule has 12 aromatic rings. The average Bonchev–Trinajstić information content (AvgIpc) is 3.48. The van der Waals surface area contributed by atoms with Crippen LogP contribution in [-0.4, -0.2) is 45.9 Å². The normalized spacial score (nSPS) is 11.5. The molecule has 0 radical (unpaired) electrons. The molecule has 0 bridgehead atoms. The molecule has 12 rings (SSSR count). The fourth-order valence-corrected chi connectivity index (χ4v) is 10.5. The molecular formula is C62H40N6Na2O10S2. The van der Waals surface area contributed by atoms with E-state index in [0.29, 0.717) is 23.0 Å². The number of rotatable bonds is 16. The number of nitrogens with zero attached hydrogens (tertiary/aromatic N) is 4. The molecule has 0 aliphatic rings. The second-order valence-corrected chi connectivity index (χ2v) is 20.8. The number of ether oxygens (including phenoxy) is 4. The Morgan fingerprint density at radius 1 is 0.354 bits per heavy atom. The van der Waals surface area contributed by atoms with E-state index in [2.05, 4.69) is 30.6 Å². The summed E-state index contributed by atoms with van der Waals surface area (Å²) in [5.41, 5.74) is 0.0369. The van der Waals surface area contributed by atoms with Crippen LogP contribution in [0.2, 0.25) is 0 Å². The molecular weight excluding hydrogens is 1100 g/mol. The Hall–Kier alpha value is -8.24. The van der Waals surface area contributed by atoms with Crippen LogP contribution in [-0.2, 0) is 20.2 Å². The van der Waals surface area contributed by atoms with Crippen LogP contribution >= 0.6 is 0 Å². The van der Waals surface area contributed by atoms with Crippen molar-refractivity contribution in [3.8, 4) is 46.8 Å². The summed E-state index contributed by atoms with van der Waals surface area (Å²) in [5, 5.41) is 13.0. The van der Waals surface area contributed by atoms with Crippen molar-refractivity contribution < 1.29 is 104 Å². The number of aromatic nitrogens is 4. The van der Waals surface area contributed by atoms with Crippen LogP contribution in [0.1, 0.15) is 11.1 Å². The van der Waals surface area contributed by atoms with Crippen LogP contribution < -0.4 is 88.7 Å². The van der Waals surface area contributed by atoms with Crippen molar-refractivity contribution >= 4 is 98.5 Å². The predicted molar refractivity (Wildman–Crippen MR) is 304 cm³/mol. The molecule has 0 amide bonds. The summed E-state index contributed by atoms with van der Waals surface area (Å²) >= 11 is 0. The first-order valence-electron chi connectivity index (χ1n) is 24.7. The molecule has 2 N–H and O–H groups in total. The van der Waals surface area contributed by atoms with Gasteiger partial charge in [-0.15, -0.1) is 0 Å². The van der Waals surface area contributed by atoms with Crippen molar-refractivity contribution in [3.05, 3.63) is 230 Å². The first-order valence-corrected chi connectivity index (χ1v) is 27.5. The van der Waals surface area contributed by atoms with E-state index >= 15 is 0 Å². The van der Waals surface area contributed by atoms with E-state index in [1.165, 1.54) is 48.6 Å². The van der Waals surface area contributed by atoms with Crippen LogP contribution in [0.4, 0.5) is 23.0 Å². The zero-order valence-electron chi connectivity index (χ0n) is 43.6. The maximum absolute atomic E-state index is 12.9. The summed E-state index contributed by atoms with van der Waals surface area (Å²) in [5.74, 6) is 2.32. The molecule has 0 aliphatic carbocycles. The molecule has 2 aromatic heterocycles. The first kappa shape index (κ1) is 57.0. The summed E-state index contributed by atoms with van der Waals surface area (Å²) < 4.78 is 103. The molecule has 16 nitrogen and oxygen atoms in total. The van der Waals surface area contributed by atoms with Gasteiger partial charge in [-0.3, -0.25) is 0 Å². The van der Waals surface area contributed by atoms with Gasteiger partial charge < -0.3 is 38.7 Å². The molecule has 0 aliphatic heterocycles. The summed E-state index contributed by atoms with van der Waals surface area (Å²) in [7, 11) is -10.4. The quantitative estimate of drug-likeness (QED) is 0.0525. The minimum atomic E-state index is -5.19. The Morgan fingerprint density at radius 3 is 0.988 bits per heavy atom. The van der Waals surface area contributed by atoms with Crippen molar-refractivity contribution in [2.24, 2.45) is 0 Å². The third-order valence-electron chi connectivity index (χ3n) is 12.7. The van der Waals surface area contributed by atoms with Crippen LogP contribution in [0, 0.1) is 0 Å². The number of benzene rings is 10. The van der Waals surface area contributed by atoms with E-state index in [-0.39, 0.29) is 117 Å². The zero-order chi connectivity index (χ0) is 54.8. The summed E-state index contributed by atoms with van der Waals surface area (Å²) in [4.78, 5) is 17.0. The molecule has 20 heteroatoms. The maximum Gasteiger partial charge on any atom is 1.00 e. The molecule has 0 fully saturated rings. The third kappa shape index (κ3) is 12.9. The zero-order valence-corrected chi connectivity index (χ0v) is 49.3. The maximum atomic E-state index is 12.9. The van der Waals surface area contributed by atoms with Gasteiger partial charge in [0, 0.05) is 45.1 Å². The van der Waals surface area contributed by atoms with Gasteiger partial charge in [-0.2, -0.15) is 19.9 Å². The molecule has 0 atom stereocenters. The molecule has 2 heterocycles. The molecule has 0 spiro atoms. The van der Waals surface area contributed by atoms with E-state index in [9.17, 15) is 25.9 Å². The second-order valence-electron chi connectivity index (χ2n) is 18.1. The fourth-order valence-electron chi connectivity index (χ4n) is 9.10. The van der Waals surface area contributed by atoms with E-state index in [0.717, 1.165) is 55.2 Å². The average molecular weight is 1140 g/mol. The number of anilines is 4. The third-order valence-corrected chi connectivity index (χ3v) is 14.5. The van der Waals surface area contributed by atoms with E-state index in [1.54, 1.807) is 24.3 Å². The van der Waals surface area contributed by atoms with Crippen molar-refractivity contribution in [1.29, 1.82) is 0 Å². The van der Waals surface area contributed by atoms with Crippen LogP contribution in [0.5, 0.6) is 46.8 Å². The standard InChI is InChI=1S/C62H42N6O10S2.2Na/c69-79(70,71)55-35-45(63-57-37-59(75-51-25-9-17-39-13-1-5-21-47(39)51)67-61(65-57)77-53-27-11-19-41-15-3-7-23-49(41)53)33-31-43(55)29-30-44-32-34-46(36-56(44)80(72,73)74)64-58-38-60(76-52-26-10-18-40-14-2-6-22-48(40)52)68-62(66-58)78-54-28-12-20-42-16-4-8-24-50(42)54;;/h1-38H,(H,63,65,67)(H,64,66,68)(H,69,70,71)(H,72,73,74);;/q;2*+1/p-2. The van der Waals surface area contributed by atoms with E-state index in [4.69, 9.17) is 18.9 Å².